The molecular formula is C33H26ClFN4O5S. The smallest absolute Gasteiger partial charge is 0.338 e. The Morgan fingerprint density at radius 3 is 2.60 bits per heavy atom. The van der Waals surface area contributed by atoms with Gasteiger partial charge in [-0.1, -0.05) is 41.1 Å². The number of esters is 1. The van der Waals surface area contributed by atoms with Crippen LogP contribution in [0.3, 0.4) is 0 Å². The molecule has 0 aliphatic carbocycles. The molecule has 1 aliphatic heterocycles. The lowest BCUT2D eigenvalue weighted by Crippen LogP contribution is -2.40. The Balaban J connectivity index is 1.46. The van der Waals surface area contributed by atoms with Gasteiger partial charge < -0.3 is 19.4 Å². The number of carbonyl (C=O) groups is 2. The topological polar surface area (TPSA) is 104 Å². The van der Waals surface area contributed by atoms with Crippen molar-refractivity contribution in [3.63, 3.8) is 0 Å². The van der Waals surface area contributed by atoms with Crippen molar-refractivity contribution in [3.05, 3.63) is 126 Å². The number of hydrogen-bond donors (Lipinski definition) is 1. The molecule has 5 aromatic rings. The predicted octanol–water partition coefficient (Wildman–Crippen LogP) is 4.80. The van der Waals surface area contributed by atoms with Gasteiger partial charge in [0.15, 0.2) is 4.80 Å². The Morgan fingerprint density at radius 2 is 1.87 bits per heavy atom. The maximum absolute atomic E-state index is 14.1. The summed E-state index contributed by atoms with van der Waals surface area (Å²) in [4.78, 5) is 45.1. The monoisotopic (exact) mass is 644 g/mol. The summed E-state index contributed by atoms with van der Waals surface area (Å²) in [5.41, 5.74) is 2.72. The molecule has 0 bridgehead atoms. The van der Waals surface area contributed by atoms with Crippen LogP contribution in [-0.2, 0) is 20.9 Å². The van der Waals surface area contributed by atoms with Crippen LogP contribution in [0.5, 0.6) is 5.75 Å². The zero-order valence-electron chi connectivity index (χ0n) is 24.3. The standard InChI is InChI=1S/C33H26ClFN4O5S/c1-18-29(32(42)44-3)30(24-15-20(34)8-13-26(24)43-2)39-31(41)27(45-33(39)36-18)14-19-16-38(25-7-5-4-6-23(19)25)17-28(40)37-22-11-9-21(35)10-12-22/h4-16,30H,17H2,1-3H3,(H,37,40)/b27-14-/t30-/m1/s1. The fraction of sp³-hybridized carbons (Fsp3) is 0.152. The highest BCUT2D eigenvalue weighted by atomic mass is 35.5. The van der Waals surface area contributed by atoms with Gasteiger partial charge in [-0.3, -0.25) is 14.2 Å². The van der Waals surface area contributed by atoms with Gasteiger partial charge in [-0.2, -0.15) is 0 Å². The second kappa shape index (κ2) is 12.2. The molecule has 0 saturated carbocycles. The fourth-order valence-electron chi connectivity index (χ4n) is 5.46. The Hall–Kier alpha value is -5.00. The number of methoxy groups -OCH3 is 2. The van der Waals surface area contributed by atoms with E-state index in [9.17, 15) is 18.8 Å². The van der Waals surface area contributed by atoms with Gasteiger partial charge in [-0.05, 0) is 61.5 Å². The summed E-state index contributed by atoms with van der Waals surface area (Å²) in [5, 5.41) is 4.01. The summed E-state index contributed by atoms with van der Waals surface area (Å²) >= 11 is 7.55. The summed E-state index contributed by atoms with van der Waals surface area (Å²) < 4.78 is 27.6. The lowest BCUT2D eigenvalue weighted by Gasteiger charge is -2.25. The Bertz CT molecular complexity index is 2200. The number of allylic oxidation sites excluding steroid dienone is 1. The van der Waals surface area contributed by atoms with Crippen LogP contribution >= 0.6 is 22.9 Å². The number of aromatic nitrogens is 2. The van der Waals surface area contributed by atoms with Crippen molar-refractivity contribution in [2.75, 3.05) is 19.5 Å². The van der Waals surface area contributed by atoms with Crippen LogP contribution in [-0.4, -0.2) is 35.2 Å². The first-order valence-corrected chi connectivity index (χ1v) is 15.0. The molecule has 3 aromatic carbocycles. The Kier molecular flexibility index (Phi) is 8.13. The molecule has 1 N–H and O–H groups in total. The molecule has 6 rings (SSSR count). The summed E-state index contributed by atoms with van der Waals surface area (Å²) in [6.45, 7) is 1.68. The summed E-state index contributed by atoms with van der Waals surface area (Å²) in [6.07, 6.45) is 3.56. The van der Waals surface area contributed by atoms with Crippen LogP contribution in [0.25, 0.3) is 17.0 Å². The van der Waals surface area contributed by atoms with Crippen LogP contribution in [0.1, 0.15) is 24.1 Å². The molecule has 12 heteroatoms. The van der Waals surface area contributed by atoms with E-state index in [0.717, 1.165) is 10.9 Å². The molecular weight excluding hydrogens is 619 g/mol. The van der Waals surface area contributed by atoms with E-state index in [2.05, 4.69) is 10.3 Å². The summed E-state index contributed by atoms with van der Waals surface area (Å²) in [7, 11) is 2.77. The molecule has 228 valence electrons. The average molecular weight is 645 g/mol. The maximum Gasteiger partial charge on any atom is 0.338 e. The van der Waals surface area contributed by atoms with Crippen molar-refractivity contribution in [1.82, 2.24) is 9.13 Å². The number of hydrogen-bond acceptors (Lipinski definition) is 7. The third-order valence-corrected chi connectivity index (χ3v) is 8.68. The molecule has 1 amide bonds. The van der Waals surface area contributed by atoms with Gasteiger partial charge in [0.25, 0.3) is 5.56 Å². The summed E-state index contributed by atoms with van der Waals surface area (Å²) in [5.74, 6) is -0.875. The van der Waals surface area contributed by atoms with E-state index in [0.29, 0.717) is 42.6 Å². The van der Waals surface area contributed by atoms with Gasteiger partial charge in [0.1, 0.15) is 24.2 Å². The minimum absolute atomic E-state index is 0.0107. The lowest BCUT2D eigenvalue weighted by atomic mass is 9.95. The number of carbonyl (C=O) groups excluding carboxylic acids is 2. The number of fused-ring (bicyclic) bond motifs is 2. The SMILES string of the molecule is COC(=O)C1=C(C)N=c2s/c(=C\c3cn(CC(=O)Nc4ccc(F)cc4)c4ccccc34)c(=O)n2[C@@H]1c1cc(Cl)ccc1OC. The number of rotatable bonds is 7. The normalized spacial score (nSPS) is 14.7. The van der Waals surface area contributed by atoms with Gasteiger partial charge >= 0.3 is 5.97 Å². The zero-order valence-corrected chi connectivity index (χ0v) is 25.9. The first-order valence-electron chi connectivity index (χ1n) is 13.8. The number of halogens is 2. The number of thiazole rings is 1. The van der Waals surface area contributed by atoms with Gasteiger partial charge in [-0.15, -0.1) is 0 Å². The second-order valence-electron chi connectivity index (χ2n) is 10.2. The van der Waals surface area contributed by atoms with E-state index in [1.165, 1.54) is 54.4 Å². The van der Waals surface area contributed by atoms with Gasteiger partial charge in [0, 0.05) is 38.9 Å². The minimum atomic E-state index is -0.902. The molecule has 9 nitrogen and oxygen atoms in total. The average Bonchev–Trinajstić information content (AvgIpc) is 3.53. The molecule has 45 heavy (non-hydrogen) atoms. The second-order valence-corrected chi connectivity index (χ2v) is 11.7. The van der Waals surface area contributed by atoms with Crippen molar-refractivity contribution in [3.8, 4) is 5.75 Å². The van der Waals surface area contributed by atoms with Gasteiger partial charge in [-0.25, -0.2) is 14.2 Å². The Morgan fingerprint density at radius 1 is 1.11 bits per heavy atom. The van der Waals surface area contributed by atoms with E-state index in [1.807, 2.05) is 24.3 Å². The molecule has 0 unspecified atom stereocenters. The Labute approximate surface area is 265 Å². The minimum Gasteiger partial charge on any atom is -0.496 e. The zero-order chi connectivity index (χ0) is 31.8. The highest BCUT2D eigenvalue weighted by Gasteiger charge is 2.35. The number of para-hydroxylation sites is 1. The third kappa shape index (κ3) is 5.67. The molecule has 3 heterocycles. The van der Waals surface area contributed by atoms with Crippen LogP contribution in [0.2, 0.25) is 5.02 Å². The molecule has 1 atom stereocenters. The number of ether oxygens (including phenoxy) is 2. The van der Waals surface area contributed by atoms with Crippen LogP contribution in [0.15, 0.2) is 94.0 Å². The molecule has 0 fully saturated rings. The molecule has 1 aliphatic rings. The van der Waals surface area contributed by atoms with Crippen LogP contribution in [0.4, 0.5) is 10.1 Å². The van der Waals surface area contributed by atoms with Crippen molar-refractivity contribution in [1.29, 1.82) is 0 Å². The number of nitrogens with one attached hydrogen (secondary N) is 1. The van der Waals surface area contributed by atoms with E-state index in [1.54, 1.807) is 42.0 Å². The fourth-order valence-corrected chi connectivity index (χ4v) is 6.67. The number of anilines is 1. The quantitative estimate of drug-likeness (QED) is 0.256. The first kappa shape index (κ1) is 30.0. The third-order valence-electron chi connectivity index (χ3n) is 7.46. The number of amides is 1. The van der Waals surface area contributed by atoms with Gasteiger partial charge in [0.2, 0.25) is 5.91 Å². The number of benzene rings is 3. The lowest BCUT2D eigenvalue weighted by molar-refractivity contribution is -0.136. The molecule has 0 saturated heterocycles. The van der Waals surface area contributed by atoms with E-state index in [-0.39, 0.29) is 23.6 Å². The van der Waals surface area contributed by atoms with Crippen LogP contribution < -0.4 is 24.9 Å². The molecule has 0 spiro atoms. The molecule has 2 aromatic heterocycles. The van der Waals surface area contributed by atoms with E-state index in [4.69, 9.17) is 21.1 Å². The van der Waals surface area contributed by atoms with Crippen molar-refractivity contribution >= 4 is 57.5 Å². The first-order chi connectivity index (χ1) is 21.7. The highest BCUT2D eigenvalue weighted by Crippen LogP contribution is 2.37. The largest absolute Gasteiger partial charge is 0.496 e. The maximum atomic E-state index is 14.1. The van der Waals surface area contributed by atoms with Crippen molar-refractivity contribution in [2.24, 2.45) is 4.99 Å². The van der Waals surface area contributed by atoms with Crippen molar-refractivity contribution in [2.45, 2.75) is 19.5 Å². The van der Waals surface area contributed by atoms with Crippen molar-refractivity contribution < 1.29 is 23.5 Å². The predicted molar refractivity (Wildman–Crippen MR) is 171 cm³/mol. The van der Waals surface area contributed by atoms with Gasteiger partial charge in [0.05, 0.1) is 30.0 Å². The van der Waals surface area contributed by atoms with E-state index >= 15 is 0 Å². The van der Waals surface area contributed by atoms with E-state index < -0.39 is 17.8 Å². The number of nitrogens with zero attached hydrogens (tertiary/aromatic N) is 3. The summed E-state index contributed by atoms with van der Waals surface area (Å²) in [6, 6.07) is 17.2. The molecule has 0 radical (unpaired) electrons. The highest BCUT2D eigenvalue weighted by molar-refractivity contribution is 7.07. The van der Waals surface area contributed by atoms with Crippen LogP contribution in [0, 0.1) is 5.82 Å².